The third-order valence-electron chi connectivity index (χ3n) is 6.68. The molecular weight excluding hydrogens is 416 g/mol. The van der Waals surface area contributed by atoms with Crippen molar-refractivity contribution >= 4 is 23.2 Å². The van der Waals surface area contributed by atoms with Crippen molar-refractivity contribution < 1.29 is 14.3 Å². The molecule has 0 spiro atoms. The quantitative estimate of drug-likeness (QED) is 0.661. The molecule has 7 heteroatoms. The lowest BCUT2D eigenvalue weighted by Crippen LogP contribution is -2.43. The zero-order valence-corrected chi connectivity index (χ0v) is 19.6. The number of hydrogen-bond acceptors (Lipinski definition) is 5. The van der Waals surface area contributed by atoms with Crippen LogP contribution < -0.4 is 20.3 Å². The Labute approximate surface area is 196 Å². The number of nitrogens with one attached hydrogen (secondary N) is 2. The smallest absolute Gasteiger partial charge is 0.313 e. The van der Waals surface area contributed by atoms with Crippen LogP contribution in [0.2, 0.25) is 0 Å². The van der Waals surface area contributed by atoms with E-state index < -0.39 is 11.8 Å². The second-order valence-corrected chi connectivity index (χ2v) is 8.92. The average Bonchev–Trinajstić information content (AvgIpc) is 2.85. The normalized spacial score (nSPS) is 17.1. The monoisotopic (exact) mass is 450 g/mol. The van der Waals surface area contributed by atoms with E-state index in [1.807, 2.05) is 0 Å². The molecule has 0 saturated carbocycles. The fourth-order valence-corrected chi connectivity index (χ4v) is 4.83. The maximum absolute atomic E-state index is 12.6. The van der Waals surface area contributed by atoms with Crippen LogP contribution in [0.15, 0.2) is 42.5 Å². The van der Waals surface area contributed by atoms with Crippen molar-refractivity contribution in [3.8, 4) is 5.75 Å². The lowest BCUT2D eigenvalue weighted by atomic mass is 9.95. The second-order valence-electron chi connectivity index (χ2n) is 8.92. The lowest BCUT2D eigenvalue weighted by Gasteiger charge is -2.36. The molecule has 2 N–H and O–H groups in total. The molecule has 1 saturated heterocycles. The number of rotatable bonds is 6. The summed E-state index contributed by atoms with van der Waals surface area (Å²) >= 11 is 0. The number of anilines is 2. The van der Waals surface area contributed by atoms with Crippen LogP contribution in [0.1, 0.15) is 42.9 Å². The number of nitrogens with zero attached hydrogens (tertiary/aromatic N) is 2. The van der Waals surface area contributed by atoms with Crippen molar-refractivity contribution in [1.82, 2.24) is 10.2 Å². The minimum Gasteiger partial charge on any atom is -0.497 e. The fourth-order valence-electron chi connectivity index (χ4n) is 4.83. The summed E-state index contributed by atoms with van der Waals surface area (Å²) in [4.78, 5) is 29.8. The average molecular weight is 451 g/mol. The Morgan fingerprint density at radius 3 is 2.45 bits per heavy atom. The van der Waals surface area contributed by atoms with Gasteiger partial charge >= 0.3 is 11.8 Å². The number of amides is 2. The van der Waals surface area contributed by atoms with Gasteiger partial charge in [0.15, 0.2) is 0 Å². The first-order valence-corrected chi connectivity index (χ1v) is 11.9. The van der Waals surface area contributed by atoms with Gasteiger partial charge in [-0.3, -0.25) is 14.5 Å². The molecule has 2 heterocycles. The molecule has 0 unspecified atom stereocenters. The van der Waals surface area contributed by atoms with Crippen LogP contribution in [0.4, 0.5) is 11.4 Å². The fraction of sp³-hybridized carbons (Fsp3) is 0.462. The van der Waals surface area contributed by atoms with Crippen molar-refractivity contribution in [1.29, 1.82) is 0 Å². The number of carbonyl (C=O) groups is 2. The van der Waals surface area contributed by atoms with Crippen LogP contribution >= 0.6 is 0 Å². The number of methoxy groups -OCH3 is 1. The first-order chi connectivity index (χ1) is 16.0. The highest BCUT2D eigenvalue weighted by Crippen LogP contribution is 2.31. The molecule has 7 nitrogen and oxygen atoms in total. The number of ether oxygens (including phenoxy) is 1. The van der Waals surface area contributed by atoms with Gasteiger partial charge in [0, 0.05) is 31.5 Å². The van der Waals surface area contributed by atoms with E-state index in [4.69, 9.17) is 4.74 Å². The van der Waals surface area contributed by atoms with Crippen molar-refractivity contribution in [2.24, 2.45) is 0 Å². The Kier molecular flexibility index (Phi) is 7.50. The molecule has 2 aliphatic heterocycles. The van der Waals surface area contributed by atoms with Gasteiger partial charge in [0.1, 0.15) is 5.75 Å². The lowest BCUT2D eigenvalue weighted by molar-refractivity contribution is -0.136. The van der Waals surface area contributed by atoms with Crippen molar-refractivity contribution in [3.63, 3.8) is 0 Å². The Bertz CT molecular complexity index is 970. The Morgan fingerprint density at radius 2 is 1.73 bits per heavy atom. The topological polar surface area (TPSA) is 73.9 Å². The largest absolute Gasteiger partial charge is 0.497 e. The van der Waals surface area contributed by atoms with E-state index in [1.54, 1.807) is 31.4 Å². The van der Waals surface area contributed by atoms with E-state index in [0.717, 1.165) is 45.3 Å². The van der Waals surface area contributed by atoms with Crippen molar-refractivity contribution in [2.45, 2.75) is 38.1 Å². The van der Waals surface area contributed by atoms with Crippen LogP contribution in [0.25, 0.3) is 0 Å². The van der Waals surface area contributed by atoms with Gasteiger partial charge in [-0.25, -0.2) is 0 Å². The van der Waals surface area contributed by atoms with Gasteiger partial charge in [0.25, 0.3) is 0 Å². The molecule has 0 bridgehead atoms. The molecule has 0 radical (unpaired) electrons. The molecule has 1 fully saturated rings. The zero-order chi connectivity index (χ0) is 23.2. The predicted octanol–water partition coefficient (Wildman–Crippen LogP) is 3.36. The van der Waals surface area contributed by atoms with Crippen LogP contribution in [0, 0.1) is 0 Å². The van der Waals surface area contributed by atoms with Crippen LogP contribution in [0.5, 0.6) is 5.75 Å². The molecule has 33 heavy (non-hydrogen) atoms. The van der Waals surface area contributed by atoms with Crippen LogP contribution in [-0.4, -0.2) is 57.1 Å². The van der Waals surface area contributed by atoms with E-state index in [-0.39, 0.29) is 6.04 Å². The third kappa shape index (κ3) is 5.66. The van der Waals surface area contributed by atoms with Gasteiger partial charge in [-0.1, -0.05) is 18.6 Å². The maximum Gasteiger partial charge on any atom is 0.313 e. The molecule has 0 aliphatic carbocycles. The molecule has 176 valence electrons. The number of fused-ring (bicyclic) bond motifs is 1. The second kappa shape index (κ2) is 10.7. The number of piperidine rings is 1. The summed E-state index contributed by atoms with van der Waals surface area (Å²) in [5.74, 6) is -0.590. The molecule has 2 amide bonds. The van der Waals surface area contributed by atoms with E-state index in [1.165, 1.54) is 23.2 Å². The summed E-state index contributed by atoms with van der Waals surface area (Å²) in [6.45, 7) is 3.51. The van der Waals surface area contributed by atoms with Crippen molar-refractivity contribution in [2.75, 3.05) is 50.6 Å². The van der Waals surface area contributed by atoms with E-state index >= 15 is 0 Å². The van der Waals surface area contributed by atoms with Gasteiger partial charge in [-0.15, -0.1) is 0 Å². The number of likely N-dealkylation sites (tertiary alicyclic amines) is 1. The van der Waals surface area contributed by atoms with Crippen molar-refractivity contribution in [3.05, 3.63) is 53.6 Å². The van der Waals surface area contributed by atoms with Gasteiger partial charge in [-0.2, -0.15) is 0 Å². The Hall–Kier alpha value is -3.06. The molecule has 2 aromatic carbocycles. The maximum atomic E-state index is 12.6. The predicted molar refractivity (Wildman–Crippen MR) is 131 cm³/mol. The third-order valence-corrected chi connectivity index (χ3v) is 6.68. The Morgan fingerprint density at radius 1 is 0.970 bits per heavy atom. The van der Waals surface area contributed by atoms with E-state index in [2.05, 4.69) is 45.7 Å². The summed E-state index contributed by atoms with van der Waals surface area (Å²) in [6.07, 6.45) is 5.81. The number of carbonyl (C=O) groups excluding carboxylic acids is 2. The molecule has 4 rings (SSSR count). The minimum absolute atomic E-state index is 0.0561. The van der Waals surface area contributed by atoms with Gasteiger partial charge in [0.2, 0.25) is 0 Å². The highest BCUT2D eigenvalue weighted by molar-refractivity contribution is 6.39. The summed E-state index contributed by atoms with van der Waals surface area (Å²) < 4.78 is 5.13. The summed E-state index contributed by atoms with van der Waals surface area (Å²) in [5.41, 5.74) is 4.43. The molecule has 1 atom stereocenters. The standard InChI is InChI=1S/C26H34N4O3/c1-29-14-6-7-19-17-20(8-13-23(19)29)24(30-15-4-3-5-16-30)18-27-25(31)26(32)28-21-9-11-22(33-2)12-10-21/h8-13,17,24H,3-7,14-16,18H2,1-2H3,(H,27,31)(H,28,32)/t24-/m0/s1. The molecule has 2 aliphatic rings. The first kappa shape index (κ1) is 23.1. The molecule has 0 aromatic heterocycles. The SMILES string of the molecule is COc1ccc(NC(=O)C(=O)NC[C@@H](c2ccc3c(c2)CCCN3C)N2CCCCC2)cc1. The Balaban J connectivity index is 1.44. The van der Waals surface area contributed by atoms with Crippen LogP contribution in [0.3, 0.4) is 0 Å². The number of hydrogen-bond donors (Lipinski definition) is 2. The van der Waals surface area contributed by atoms with Gasteiger partial charge < -0.3 is 20.3 Å². The summed E-state index contributed by atoms with van der Waals surface area (Å²) in [6, 6.07) is 13.7. The highest BCUT2D eigenvalue weighted by atomic mass is 16.5. The highest BCUT2D eigenvalue weighted by Gasteiger charge is 2.26. The summed E-state index contributed by atoms with van der Waals surface area (Å²) in [7, 11) is 3.72. The number of benzene rings is 2. The first-order valence-electron chi connectivity index (χ1n) is 11.9. The molecule has 2 aromatic rings. The minimum atomic E-state index is -0.662. The summed E-state index contributed by atoms with van der Waals surface area (Å²) in [5, 5.41) is 5.54. The van der Waals surface area contributed by atoms with E-state index in [0.29, 0.717) is 18.0 Å². The van der Waals surface area contributed by atoms with E-state index in [9.17, 15) is 9.59 Å². The zero-order valence-electron chi connectivity index (χ0n) is 19.6. The van der Waals surface area contributed by atoms with Crippen LogP contribution in [-0.2, 0) is 16.0 Å². The van der Waals surface area contributed by atoms with Gasteiger partial charge in [-0.05, 0) is 80.2 Å². The molecular formula is C26H34N4O3. The van der Waals surface area contributed by atoms with Gasteiger partial charge in [0.05, 0.1) is 13.2 Å². The number of aryl methyl sites for hydroxylation is 1.